The van der Waals surface area contributed by atoms with Crippen LogP contribution in [0.3, 0.4) is 0 Å². The molecule has 5 nitrogen and oxygen atoms in total. The van der Waals surface area contributed by atoms with Gasteiger partial charge in [-0.25, -0.2) is 0 Å². The van der Waals surface area contributed by atoms with Crippen molar-refractivity contribution >= 4 is 44.9 Å². The first-order valence-electron chi connectivity index (χ1n) is 8.70. The molecule has 2 N–H and O–H groups in total. The van der Waals surface area contributed by atoms with Gasteiger partial charge < -0.3 is 14.8 Å². The Labute approximate surface area is 173 Å². The van der Waals surface area contributed by atoms with Crippen LogP contribution in [-0.2, 0) is 0 Å². The van der Waals surface area contributed by atoms with Crippen LogP contribution in [0.2, 0.25) is 0 Å². The van der Waals surface area contributed by atoms with Crippen molar-refractivity contribution in [2.24, 2.45) is 0 Å². The molecule has 2 rings (SSSR count). The van der Waals surface area contributed by atoms with Crippen LogP contribution in [0.5, 0.6) is 11.5 Å². The minimum absolute atomic E-state index is 0.110. The number of nitrogens with one attached hydrogen (secondary N) is 2. The summed E-state index contributed by atoms with van der Waals surface area (Å²) in [5.74, 6) is 0.965. The number of benzene rings is 2. The minimum Gasteiger partial charge on any atom is -0.493 e. The topological polar surface area (TPSA) is 59.6 Å². The number of ether oxygens (including phenoxy) is 2. The van der Waals surface area contributed by atoms with Crippen LogP contribution in [0.4, 0.5) is 5.69 Å². The van der Waals surface area contributed by atoms with Gasteiger partial charge in [0.05, 0.1) is 18.3 Å². The second kappa shape index (κ2) is 10.3. The number of carbonyl (C=O) groups is 1. The van der Waals surface area contributed by atoms with Gasteiger partial charge in [-0.15, -0.1) is 0 Å². The molecule has 0 aliphatic rings. The van der Waals surface area contributed by atoms with E-state index < -0.39 is 0 Å². The Balaban J connectivity index is 2.01. The number of hydrogen-bond acceptors (Lipinski definition) is 4. The predicted molar refractivity (Wildman–Crippen MR) is 116 cm³/mol. The number of thiocarbonyl (C=S) groups is 1. The van der Waals surface area contributed by atoms with Crippen LogP contribution in [0.25, 0.3) is 0 Å². The Hall–Kier alpha value is -2.12. The van der Waals surface area contributed by atoms with Gasteiger partial charge in [0.15, 0.2) is 5.11 Å². The number of halogens is 1. The lowest BCUT2D eigenvalue weighted by atomic mass is 10.2. The normalized spacial score (nSPS) is 10.4. The molecule has 0 saturated heterocycles. The SMILES string of the molecule is CCCOc1ccc(Br)cc1C(=O)NC(=S)Nc1ccc(OC(C)C)cc1. The van der Waals surface area contributed by atoms with Gasteiger partial charge in [-0.1, -0.05) is 22.9 Å². The third-order valence-corrected chi connectivity index (χ3v) is 4.06. The summed E-state index contributed by atoms with van der Waals surface area (Å²) in [6.07, 6.45) is 0.964. The third-order valence-electron chi connectivity index (χ3n) is 3.36. The largest absolute Gasteiger partial charge is 0.493 e. The Kier molecular flexibility index (Phi) is 8.06. The van der Waals surface area contributed by atoms with Crippen molar-refractivity contribution in [1.82, 2.24) is 5.32 Å². The molecule has 144 valence electrons. The van der Waals surface area contributed by atoms with Gasteiger partial charge in [-0.05, 0) is 75.0 Å². The van der Waals surface area contributed by atoms with Crippen LogP contribution >= 0.6 is 28.1 Å². The molecule has 0 atom stereocenters. The van der Waals surface area contributed by atoms with E-state index in [-0.39, 0.29) is 17.1 Å². The lowest BCUT2D eigenvalue weighted by Crippen LogP contribution is -2.34. The molecule has 0 spiro atoms. The molecule has 0 saturated carbocycles. The molecule has 0 bridgehead atoms. The summed E-state index contributed by atoms with van der Waals surface area (Å²) >= 11 is 8.63. The highest BCUT2D eigenvalue weighted by atomic mass is 79.9. The molecule has 1 amide bonds. The van der Waals surface area contributed by atoms with Crippen molar-refractivity contribution in [2.45, 2.75) is 33.3 Å². The highest BCUT2D eigenvalue weighted by Crippen LogP contribution is 2.23. The number of rotatable bonds is 7. The number of carbonyl (C=O) groups excluding carboxylic acids is 1. The van der Waals surface area contributed by atoms with E-state index in [2.05, 4.69) is 26.6 Å². The second-order valence-electron chi connectivity index (χ2n) is 6.09. The Morgan fingerprint density at radius 1 is 1.19 bits per heavy atom. The summed E-state index contributed by atoms with van der Waals surface area (Å²) in [6.45, 7) is 6.49. The zero-order valence-corrected chi connectivity index (χ0v) is 17.9. The molecule has 2 aromatic carbocycles. The molecule has 0 heterocycles. The van der Waals surface area contributed by atoms with Crippen LogP contribution in [0.15, 0.2) is 46.9 Å². The molecular formula is C20H23BrN2O3S. The van der Waals surface area contributed by atoms with Crippen molar-refractivity contribution < 1.29 is 14.3 Å². The highest BCUT2D eigenvalue weighted by molar-refractivity contribution is 9.10. The monoisotopic (exact) mass is 450 g/mol. The third kappa shape index (κ3) is 6.84. The number of hydrogen-bond donors (Lipinski definition) is 2. The van der Waals surface area contributed by atoms with E-state index in [1.165, 1.54) is 0 Å². The van der Waals surface area contributed by atoms with Gasteiger partial charge in [0.2, 0.25) is 0 Å². The van der Waals surface area contributed by atoms with E-state index in [1.807, 2.05) is 51.1 Å². The smallest absolute Gasteiger partial charge is 0.261 e. The summed E-state index contributed by atoms with van der Waals surface area (Å²) < 4.78 is 12.0. The standard InChI is InChI=1S/C20H23BrN2O3S/c1-4-11-25-18-10-5-14(21)12-17(18)19(24)23-20(27)22-15-6-8-16(9-7-15)26-13(2)3/h5-10,12-13H,4,11H2,1-3H3,(H2,22,23,24,27). The first-order chi connectivity index (χ1) is 12.9. The summed E-state index contributed by atoms with van der Waals surface area (Å²) in [4.78, 5) is 12.6. The van der Waals surface area contributed by atoms with Gasteiger partial charge in [0, 0.05) is 10.2 Å². The van der Waals surface area contributed by atoms with Crippen molar-refractivity contribution in [1.29, 1.82) is 0 Å². The fourth-order valence-electron chi connectivity index (χ4n) is 2.24. The lowest BCUT2D eigenvalue weighted by Gasteiger charge is -2.14. The molecule has 0 aromatic heterocycles. The molecule has 0 radical (unpaired) electrons. The zero-order valence-electron chi connectivity index (χ0n) is 15.5. The summed E-state index contributed by atoms with van der Waals surface area (Å²) in [6, 6.07) is 12.7. The molecule has 2 aromatic rings. The molecule has 0 unspecified atom stereocenters. The van der Waals surface area contributed by atoms with Gasteiger partial charge >= 0.3 is 0 Å². The summed E-state index contributed by atoms with van der Waals surface area (Å²) in [7, 11) is 0. The van der Waals surface area contributed by atoms with Crippen molar-refractivity contribution in [3.63, 3.8) is 0 Å². The lowest BCUT2D eigenvalue weighted by molar-refractivity contribution is 0.0973. The van der Waals surface area contributed by atoms with Crippen molar-refractivity contribution in [2.75, 3.05) is 11.9 Å². The van der Waals surface area contributed by atoms with Crippen LogP contribution in [0, 0.1) is 0 Å². The number of amides is 1. The summed E-state index contributed by atoms with van der Waals surface area (Å²) in [5, 5.41) is 5.88. The Morgan fingerprint density at radius 3 is 2.52 bits per heavy atom. The average molecular weight is 451 g/mol. The molecule has 7 heteroatoms. The van der Waals surface area contributed by atoms with Gasteiger partial charge in [0.1, 0.15) is 11.5 Å². The number of anilines is 1. The van der Waals surface area contributed by atoms with E-state index in [4.69, 9.17) is 21.7 Å². The minimum atomic E-state index is -0.334. The van der Waals surface area contributed by atoms with E-state index in [9.17, 15) is 4.79 Å². The van der Waals surface area contributed by atoms with E-state index in [0.29, 0.717) is 17.9 Å². The fourth-order valence-corrected chi connectivity index (χ4v) is 2.81. The summed E-state index contributed by atoms with van der Waals surface area (Å²) in [5.41, 5.74) is 1.18. The maximum atomic E-state index is 12.6. The molecule has 0 fully saturated rings. The Bertz CT molecular complexity index is 794. The maximum Gasteiger partial charge on any atom is 0.261 e. The van der Waals surface area contributed by atoms with Gasteiger partial charge in [-0.3, -0.25) is 10.1 Å². The van der Waals surface area contributed by atoms with Crippen LogP contribution < -0.4 is 20.1 Å². The molecule has 0 aliphatic heterocycles. The molecule has 27 heavy (non-hydrogen) atoms. The van der Waals surface area contributed by atoms with Crippen LogP contribution in [0.1, 0.15) is 37.6 Å². The van der Waals surface area contributed by atoms with E-state index >= 15 is 0 Å². The zero-order chi connectivity index (χ0) is 19.8. The molecular weight excluding hydrogens is 428 g/mol. The van der Waals surface area contributed by atoms with E-state index in [1.54, 1.807) is 12.1 Å². The van der Waals surface area contributed by atoms with Gasteiger partial charge in [0.25, 0.3) is 5.91 Å². The first-order valence-corrected chi connectivity index (χ1v) is 9.90. The van der Waals surface area contributed by atoms with Crippen molar-refractivity contribution in [3.05, 3.63) is 52.5 Å². The average Bonchev–Trinajstić information content (AvgIpc) is 2.61. The highest BCUT2D eigenvalue weighted by Gasteiger charge is 2.15. The molecule has 0 aliphatic carbocycles. The van der Waals surface area contributed by atoms with Crippen LogP contribution in [-0.4, -0.2) is 23.7 Å². The van der Waals surface area contributed by atoms with Crippen molar-refractivity contribution in [3.8, 4) is 11.5 Å². The second-order valence-corrected chi connectivity index (χ2v) is 7.41. The van der Waals surface area contributed by atoms with E-state index in [0.717, 1.165) is 22.3 Å². The van der Waals surface area contributed by atoms with Gasteiger partial charge in [-0.2, -0.15) is 0 Å². The first kappa shape index (κ1) is 21.2. The quantitative estimate of drug-likeness (QED) is 0.570. The predicted octanol–water partition coefficient (Wildman–Crippen LogP) is 5.15. The maximum absolute atomic E-state index is 12.6. The Morgan fingerprint density at radius 2 is 1.89 bits per heavy atom. The fraction of sp³-hybridized carbons (Fsp3) is 0.300.